The molecule has 2 bridgehead atoms. The third kappa shape index (κ3) is 5.06. The molecule has 184 valence electrons. The standard InChI is InChI=1S/C28H27ClN4O3/c1-33(20-10-8-19(29)9-11-20)28(36)24-15-18-6-2-4-17(14-18)5-3-7-22-21(16-26(35)31-24)27-23(30-22)12-13-25(34)32-27/h2,4,6,8-14,24,30H,3,5,7,15-16H2,1H3,(H,31,35)(H,32,34)/t24-/m0/s1. The van der Waals surface area contributed by atoms with E-state index in [1.807, 2.05) is 12.1 Å². The zero-order valence-electron chi connectivity index (χ0n) is 19.9. The van der Waals surface area contributed by atoms with Crippen molar-refractivity contribution in [2.75, 3.05) is 11.9 Å². The van der Waals surface area contributed by atoms with E-state index in [-0.39, 0.29) is 23.8 Å². The quantitative estimate of drug-likeness (QED) is 0.387. The van der Waals surface area contributed by atoms with Gasteiger partial charge in [0.25, 0.3) is 0 Å². The number of nitrogens with zero attached hydrogens (tertiary/aromatic N) is 1. The molecule has 0 spiro atoms. The fraction of sp³-hybridized carbons (Fsp3) is 0.250. The molecule has 4 aromatic rings. The van der Waals surface area contributed by atoms with E-state index >= 15 is 0 Å². The number of carbonyl (C=O) groups is 2. The van der Waals surface area contributed by atoms with Crippen LogP contribution in [0.3, 0.4) is 0 Å². The molecule has 2 amide bonds. The lowest BCUT2D eigenvalue weighted by molar-refractivity contribution is -0.127. The van der Waals surface area contributed by atoms with Crippen LogP contribution < -0.4 is 15.8 Å². The van der Waals surface area contributed by atoms with E-state index in [9.17, 15) is 14.4 Å². The van der Waals surface area contributed by atoms with E-state index in [1.54, 1.807) is 37.4 Å². The fourth-order valence-corrected chi connectivity index (χ4v) is 4.99. The molecule has 0 fully saturated rings. The van der Waals surface area contributed by atoms with Crippen LogP contribution in [0.1, 0.15) is 28.8 Å². The number of amides is 2. The molecule has 2 aromatic heterocycles. The normalized spacial score (nSPS) is 16.3. The van der Waals surface area contributed by atoms with Crippen molar-refractivity contribution in [2.45, 2.75) is 38.1 Å². The van der Waals surface area contributed by atoms with Gasteiger partial charge >= 0.3 is 0 Å². The number of aromatic nitrogens is 2. The minimum atomic E-state index is -0.762. The van der Waals surface area contributed by atoms with Crippen LogP contribution in [0.2, 0.25) is 5.02 Å². The lowest BCUT2D eigenvalue weighted by Crippen LogP contribution is -2.49. The predicted molar refractivity (Wildman–Crippen MR) is 142 cm³/mol. The zero-order valence-corrected chi connectivity index (χ0v) is 20.7. The van der Waals surface area contributed by atoms with Crippen molar-refractivity contribution in [3.8, 4) is 0 Å². The van der Waals surface area contributed by atoms with Crippen molar-refractivity contribution in [3.05, 3.63) is 98.4 Å². The van der Waals surface area contributed by atoms with Crippen molar-refractivity contribution in [1.29, 1.82) is 0 Å². The van der Waals surface area contributed by atoms with Gasteiger partial charge < -0.3 is 20.2 Å². The number of hydrogen-bond acceptors (Lipinski definition) is 3. The lowest BCUT2D eigenvalue weighted by atomic mass is 9.99. The molecule has 0 saturated heterocycles. The number of pyridine rings is 1. The summed E-state index contributed by atoms with van der Waals surface area (Å²) in [6.07, 6.45) is 2.92. The maximum atomic E-state index is 13.6. The molecule has 0 aliphatic carbocycles. The molecular weight excluding hydrogens is 476 g/mol. The van der Waals surface area contributed by atoms with Crippen molar-refractivity contribution in [2.24, 2.45) is 0 Å². The molecule has 5 rings (SSSR count). The number of hydrogen-bond donors (Lipinski definition) is 3. The largest absolute Gasteiger partial charge is 0.357 e. The molecule has 1 aliphatic heterocycles. The summed E-state index contributed by atoms with van der Waals surface area (Å²) in [6, 6.07) is 17.6. The molecule has 0 radical (unpaired) electrons. The lowest BCUT2D eigenvalue weighted by Gasteiger charge is -2.25. The molecular formula is C28H27ClN4O3. The van der Waals surface area contributed by atoms with Gasteiger partial charge in [0.15, 0.2) is 0 Å². The van der Waals surface area contributed by atoms with Crippen LogP contribution >= 0.6 is 11.6 Å². The average Bonchev–Trinajstić information content (AvgIpc) is 3.19. The maximum absolute atomic E-state index is 13.6. The number of rotatable bonds is 2. The number of nitrogens with one attached hydrogen (secondary N) is 3. The monoisotopic (exact) mass is 502 g/mol. The number of halogens is 1. The minimum absolute atomic E-state index is 0.0569. The Bertz CT molecular complexity index is 1490. The molecule has 36 heavy (non-hydrogen) atoms. The van der Waals surface area contributed by atoms with Crippen molar-refractivity contribution >= 4 is 40.1 Å². The third-order valence-corrected chi connectivity index (χ3v) is 6.96. The molecule has 1 aliphatic rings. The Morgan fingerprint density at radius 3 is 2.56 bits per heavy atom. The van der Waals surface area contributed by atoms with Gasteiger partial charge in [-0.2, -0.15) is 0 Å². The van der Waals surface area contributed by atoms with E-state index < -0.39 is 6.04 Å². The number of anilines is 1. The molecule has 3 N–H and O–H groups in total. The van der Waals surface area contributed by atoms with Crippen molar-refractivity contribution < 1.29 is 9.59 Å². The van der Waals surface area contributed by atoms with Gasteiger partial charge in [-0.15, -0.1) is 0 Å². The van der Waals surface area contributed by atoms with Crippen molar-refractivity contribution in [3.63, 3.8) is 0 Å². The Hall–Kier alpha value is -3.84. The van der Waals surface area contributed by atoms with Crippen LogP contribution in [-0.2, 0) is 35.3 Å². The first-order chi connectivity index (χ1) is 17.4. The smallest absolute Gasteiger partial charge is 0.249 e. The highest BCUT2D eigenvalue weighted by Crippen LogP contribution is 2.24. The summed E-state index contributed by atoms with van der Waals surface area (Å²) in [4.78, 5) is 46.7. The van der Waals surface area contributed by atoms with Gasteiger partial charge in [-0.25, -0.2) is 0 Å². The van der Waals surface area contributed by atoms with Crippen LogP contribution in [0, 0.1) is 0 Å². The summed E-state index contributed by atoms with van der Waals surface area (Å²) < 4.78 is 0. The second kappa shape index (κ2) is 10.0. The topological polar surface area (TPSA) is 98.1 Å². The van der Waals surface area contributed by atoms with Gasteiger partial charge in [0.1, 0.15) is 6.04 Å². The summed E-state index contributed by atoms with van der Waals surface area (Å²) in [5.41, 5.74) is 5.76. The second-order valence-corrected chi connectivity index (χ2v) is 9.68. The number of likely N-dealkylation sites (N-methyl/N-ethyl adjacent to an activating group) is 1. The van der Waals surface area contributed by atoms with Crippen LogP contribution in [0.25, 0.3) is 11.0 Å². The number of aromatic amines is 2. The molecule has 0 unspecified atom stereocenters. The Morgan fingerprint density at radius 1 is 0.972 bits per heavy atom. The molecule has 1 atom stereocenters. The number of benzene rings is 2. The number of aryl methyl sites for hydroxylation is 2. The van der Waals surface area contributed by atoms with Gasteiger partial charge in [0, 0.05) is 41.5 Å². The van der Waals surface area contributed by atoms with Gasteiger partial charge in [-0.1, -0.05) is 35.9 Å². The van der Waals surface area contributed by atoms with Gasteiger partial charge in [-0.3, -0.25) is 14.4 Å². The summed E-state index contributed by atoms with van der Waals surface area (Å²) in [5.74, 6) is -0.501. The van der Waals surface area contributed by atoms with Gasteiger partial charge in [0.05, 0.1) is 17.5 Å². The van der Waals surface area contributed by atoms with Crippen LogP contribution in [-0.4, -0.2) is 34.9 Å². The van der Waals surface area contributed by atoms with Gasteiger partial charge in [-0.05, 0) is 60.7 Å². The zero-order chi connectivity index (χ0) is 25.2. The number of carbonyl (C=O) groups excluding carboxylic acids is 2. The predicted octanol–water partition coefficient (Wildman–Crippen LogP) is 3.93. The van der Waals surface area contributed by atoms with E-state index in [1.165, 1.54) is 16.5 Å². The highest BCUT2D eigenvalue weighted by Gasteiger charge is 2.27. The Morgan fingerprint density at radius 2 is 1.75 bits per heavy atom. The first-order valence-corrected chi connectivity index (χ1v) is 12.4. The number of H-pyrrole nitrogens is 2. The Kier molecular flexibility index (Phi) is 6.65. The average molecular weight is 503 g/mol. The fourth-order valence-electron chi connectivity index (χ4n) is 4.86. The first kappa shape index (κ1) is 23.9. The van der Waals surface area contributed by atoms with E-state index in [0.29, 0.717) is 22.6 Å². The molecule has 3 heterocycles. The highest BCUT2D eigenvalue weighted by molar-refractivity contribution is 6.30. The van der Waals surface area contributed by atoms with E-state index in [2.05, 4.69) is 27.4 Å². The Balaban J connectivity index is 1.51. The third-order valence-electron chi connectivity index (χ3n) is 6.71. The molecule has 7 nitrogen and oxygen atoms in total. The SMILES string of the molecule is CN(C(=O)[C@@H]1Cc2cccc(c2)CCCc2[nH]c3ccc(=O)[nH]c3c2CC(=O)N1)c1ccc(Cl)cc1. The summed E-state index contributed by atoms with van der Waals surface area (Å²) >= 11 is 6.01. The van der Waals surface area contributed by atoms with E-state index in [4.69, 9.17) is 11.6 Å². The van der Waals surface area contributed by atoms with E-state index in [0.717, 1.165) is 41.6 Å². The minimum Gasteiger partial charge on any atom is -0.357 e. The summed E-state index contributed by atoms with van der Waals surface area (Å²) in [5, 5.41) is 3.56. The van der Waals surface area contributed by atoms with Gasteiger partial charge in [0.2, 0.25) is 17.4 Å². The molecule has 8 heteroatoms. The van der Waals surface area contributed by atoms with Crippen LogP contribution in [0.5, 0.6) is 0 Å². The highest BCUT2D eigenvalue weighted by atomic mass is 35.5. The maximum Gasteiger partial charge on any atom is 0.249 e. The summed E-state index contributed by atoms with van der Waals surface area (Å²) in [6.45, 7) is 0. The van der Waals surface area contributed by atoms with Crippen molar-refractivity contribution in [1.82, 2.24) is 15.3 Å². The Labute approximate surface area is 213 Å². The second-order valence-electron chi connectivity index (χ2n) is 9.24. The molecule has 2 aromatic carbocycles. The summed E-state index contributed by atoms with van der Waals surface area (Å²) in [7, 11) is 1.69. The van der Waals surface area contributed by atoms with Crippen LogP contribution in [0.4, 0.5) is 5.69 Å². The molecule has 0 saturated carbocycles. The number of fused-ring (bicyclic) bond motifs is 5. The first-order valence-electron chi connectivity index (χ1n) is 12.0. The van der Waals surface area contributed by atoms with Crippen LogP contribution in [0.15, 0.2) is 65.5 Å².